The van der Waals surface area contributed by atoms with Gasteiger partial charge < -0.3 is 20.6 Å². The predicted octanol–water partition coefficient (Wildman–Crippen LogP) is 1.88. The SMILES string of the molecule is CN1CCC(O)(C#Cc2cccc(-c3nc(C(N)=O)cc(N4CCc5ccccc54)n3)c2)C1=O. The van der Waals surface area contributed by atoms with Crippen LogP contribution in [0.2, 0.25) is 0 Å². The van der Waals surface area contributed by atoms with Gasteiger partial charge in [0.1, 0.15) is 11.5 Å². The third kappa shape index (κ3) is 3.87. The molecular weight excluding hydrogens is 430 g/mol. The lowest BCUT2D eigenvalue weighted by Crippen LogP contribution is -2.37. The Labute approximate surface area is 197 Å². The van der Waals surface area contributed by atoms with Crippen molar-refractivity contribution in [2.24, 2.45) is 5.73 Å². The largest absolute Gasteiger partial charge is 0.369 e. The van der Waals surface area contributed by atoms with Crippen molar-refractivity contribution < 1.29 is 14.7 Å². The molecular formula is C26H23N5O3. The highest BCUT2D eigenvalue weighted by Gasteiger charge is 2.42. The van der Waals surface area contributed by atoms with Crippen LogP contribution in [0.1, 0.15) is 28.0 Å². The summed E-state index contributed by atoms with van der Waals surface area (Å²) in [6.45, 7) is 1.20. The van der Waals surface area contributed by atoms with Gasteiger partial charge in [-0.3, -0.25) is 9.59 Å². The number of anilines is 2. The van der Waals surface area contributed by atoms with Crippen LogP contribution in [0.25, 0.3) is 11.4 Å². The van der Waals surface area contributed by atoms with E-state index < -0.39 is 17.4 Å². The number of amides is 2. The van der Waals surface area contributed by atoms with E-state index >= 15 is 0 Å². The molecule has 34 heavy (non-hydrogen) atoms. The van der Waals surface area contributed by atoms with E-state index in [1.807, 2.05) is 29.2 Å². The topological polar surface area (TPSA) is 113 Å². The number of primary amides is 1. The normalized spacial score (nSPS) is 19.1. The molecule has 2 aliphatic heterocycles. The molecule has 0 saturated carbocycles. The fourth-order valence-electron chi connectivity index (χ4n) is 4.29. The second-order valence-electron chi connectivity index (χ2n) is 8.50. The molecule has 2 aliphatic rings. The fraction of sp³-hybridized carbons (Fsp3) is 0.231. The van der Waals surface area contributed by atoms with E-state index in [0.29, 0.717) is 29.3 Å². The molecule has 0 radical (unpaired) electrons. The molecule has 0 spiro atoms. The Hall–Kier alpha value is -4.22. The van der Waals surface area contributed by atoms with Crippen molar-refractivity contribution in [2.45, 2.75) is 18.4 Å². The van der Waals surface area contributed by atoms with Crippen molar-refractivity contribution in [3.05, 3.63) is 71.4 Å². The number of rotatable bonds is 3. The summed E-state index contributed by atoms with van der Waals surface area (Å²) in [4.78, 5) is 36.8. The molecule has 3 heterocycles. The second-order valence-corrected chi connectivity index (χ2v) is 8.50. The maximum absolute atomic E-state index is 12.2. The number of aliphatic hydroxyl groups is 1. The predicted molar refractivity (Wildman–Crippen MR) is 127 cm³/mol. The number of para-hydroxylation sites is 1. The monoisotopic (exact) mass is 453 g/mol. The van der Waals surface area contributed by atoms with Gasteiger partial charge in [0.15, 0.2) is 5.82 Å². The summed E-state index contributed by atoms with van der Waals surface area (Å²) in [5.74, 6) is 5.52. The smallest absolute Gasteiger partial charge is 0.267 e. The molecule has 1 unspecified atom stereocenters. The van der Waals surface area contributed by atoms with Crippen molar-refractivity contribution >= 4 is 23.3 Å². The van der Waals surface area contributed by atoms with Crippen molar-refractivity contribution in [1.82, 2.24) is 14.9 Å². The zero-order valence-corrected chi connectivity index (χ0v) is 18.7. The van der Waals surface area contributed by atoms with Crippen LogP contribution in [-0.4, -0.2) is 57.5 Å². The molecule has 1 fully saturated rings. The van der Waals surface area contributed by atoms with Gasteiger partial charge in [-0.05, 0) is 30.2 Å². The Morgan fingerprint density at radius 2 is 1.94 bits per heavy atom. The highest BCUT2D eigenvalue weighted by Crippen LogP contribution is 2.34. The lowest BCUT2D eigenvalue weighted by molar-refractivity contribution is -0.137. The number of carbonyl (C=O) groups excluding carboxylic acids is 2. The highest BCUT2D eigenvalue weighted by molar-refractivity contribution is 5.92. The molecule has 1 saturated heterocycles. The van der Waals surface area contributed by atoms with Crippen molar-refractivity contribution in [1.29, 1.82) is 0 Å². The molecule has 2 aromatic carbocycles. The Balaban J connectivity index is 1.52. The lowest BCUT2D eigenvalue weighted by Gasteiger charge is -2.19. The number of aromatic nitrogens is 2. The summed E-state index contributed by atoms with van der Waals surface area (Å²) >= 11 is 0. The number of fused-ring (bicyclic) bond motifs is 1. The van der Waals surface area contributed by atoms with E-state index in [1.54, 1.807) is 31.3 Å². The van der Waals surface area contributed by atoms with Crippen molar-refractivity contribution in [3.8, 4) is 23.2 Å². The van der Waals surface area contributed by atoms with Gasteiger partial charge in [0.05, 0.1) is 0 Å². The molecule has 0 bridgehead atoms. The van der Waals surface area contributed by atoms with Crippen molar-refractivity contribution in [3.63, 3.8) is 0 Å². The molecule has 2 amide bonds. The number of hydrogen-bond donors (Lipinski definition) is 2. The van der Waals surface area contributed by atoms with Gasteiger partial charge in [-0.2, -0.15) is 0 Å². The minimum absolute atomic E-state index is 0.120. The first-order valence-corrected chi connectivity index (χ1v) is 11.0. The summed E-state index contributed by atoms with van der Waals surface area (Å²) in [5, 5.41) is 10.6. The number of hydrogen-bond acceptors (Lipinski definition) is 6. The summed E-state index contributed by atoms with van der Waals surface area (Å²) < 4.78 is 0. The summed E-state index contributed by atoms with van der Waals surface area (Å²) in [6.07, 6.45) is 1.14. The van der Waals surface area contributed by atoms with E-state index in [4.69, 9.17) is 10.7 Å². The van der Waals surface area contributed by atoms with E-state index in [-0.39, 0.29) is 12.1 Å². The first-order valence-electron chi connectivity index (χ1n) is 11.0. The zero-order chi connectivity index (χ0) is 23.9. The average Bonchev–Trinajstić information content (AvgIpc) is 3.40. The van der Waals surface area contributed by atoms with Crippen LogP contribution in [0.5, 0.6) is 0 Å². The maximum Gasteiger partial charge on any atom is 0.267 e. The van der Waals surface area contributed by atoms with Gasteiger partial charge in [-0.1, -0.05) is 42.2 Å². The number of benzene rings is 2. The second kappa shape index (κ2) is 8.28. The van der Waals surface area contributed by atoms with Crippen LogP contribution in [0, 0.1) is 11.8 Å². The highest BCUT2D eigenvalue weighted by atomic mass is 16.3. The molecule has 8 heteroatoms. The number of likely N-dealkylation sites (N-methyl/N-ethyl adjacent to an activating group) is 1. The van der Waals surface area contributed by atoms with Crippen LogP contribution in [0.3, 0.4) is 0 Å². The van der Waals surface area contributed by atoms with Crippen LogP contribution in [0.15, 0.2) is 54.6 Å². The van der Waals surface area contributed by atoms with Crippen LogP contribution in [0.4, 0.5) is 11.5 Å². The summed E-state index contributed by atoms with van der Waals surface area (Å²) in [6, 6.07) is 16.8. The minimum atomic E-state index is -1.68. The Bertz CT molecular complexity index is 1380. The van der Waals surface area contributed by atoms with E-state index in [2.05, 4.69) is 22.9 Å². The van der Waals surface area contributed by atoms with Gasteiger partial charge in [-0.25, -0.2) is 9.97 Å². The van der Waals surface area contributed by atoms with Crippen LogP contribution < -0.4 is 10.6 Å². The van der Waals surface area contributed by atoms with E-state index in [9.17, 15) is 14.7 Å². The Kier molecular flexibility index (Phi) is 5.27. The van der Waals surface area contributed by atoms with Gasteiger partial charge in [0, 0.05) is 49.4 Å². The van der Waals surface area contributed by atoms with E-state index in [0.717, 1.165) is 18.7 Å². The molecule has 1 aromatic heterocycles. The number of likely N-dealkylation sites (tertiary alicyclic amines) is 1. The molecule has 170 valence electrons. The Morgan fingerprint density at radius 1 is 1.12 bits per heavy atom. The number of nitrogens with two attached hydrogens (primary N) is 1. The first-order chi connectivity index (χ1) is 16.3. The molecule has 3 aromatic rings. The molecule has 1 atom stereocenters. The third-order valence-corrected chi connectivity index (χ3v) is 6.17. The third-order valence-electron chi connectivity index (χ3n) is 6.17. The Morgan fingerprint density at radius 3 is 2.71 bits per heavy atom. The van der Waals surface area contributed by atoms with Gasteiger partial charge in [0.2, 0.25) is 5.60 Å². The average molecular weight is 454 g/mol. The number of nitrogens with zero attached hydrogens (tertiary/aromatic N) is 4. The first kappa shape index (κ1) is 21.6. The van der Waals surface area contributed by atoms with Gasteiger partial charge in [0.25, 0.3) is 11.8 Å². The quantitative estimate of drug-likeness (QED) is 0.586. The maximum atomic E-state index is 12.2. The standard InChI is InChI=1S/C26H23N5O3/c1-30-14-12-26(34,25(30)33)11-9-17-5-4-7-19(15-17)24-28-20(23(27)32)16-22(29-24)31-13-10-18-6-2-3-8-21(18)31/h2-8,15-16,34H,10,12-14H2,1H3,(H2,27,32). The van der Waals surface area contributed by atoms with Gasteiger partial charge >= 0.3 is 0 Å². The zero-order valence-electron chi connectivity index (χ0n) is 18.7. The van der Waals surface area contributed by atoms with Crippen molar-refractivity contribution in [2.75, 3.05) is 25.0 Å². The van der Waals surface area contributed by atoms with Gasteiger partial charge in [-0.15, -0.1) is 0 Å². The minimum Gasteiger partial charge on any atom is -0.369 e. The fourth-order valence-corrected chi connectivity index (χ4v) is 4.29. The summed E-state index contributed by atoms with van der Waals surface area (Å²) in [5.41, 5.74) is 7.51. The van der Waals surface area contributed by atoms with E-state index in [1.165, 1.54) is 10.5 Å². The molecule has 0 aliphatic carbocycles. The lowest BCUT2D eigenvalue weighted by atomic mass is 10.0. The molecule has 5 rings (SSSR count). The van der Waals surface area contributed by atoms with Crippen LogP contribution >= 0.6 is 0 Å². The van der Waals surface area contributed by atoms with Crippen LogP contribution in [-0.2, 0) is 11.2 Å². The molecule has 8 nitrogen and oxygen atoms in total. The summed E-state index contributed by atoms with van der Waals surface area (Å²) in [7, 11) is 1.64. The molecule has 3 N–H and O–H groups in total. The number of carbonyl (C=O) groups is 2.